The van der Waals surface area contributed by atoms with E-state index in [4.69, 9.17) is 10.5 Å². The zero-order valence-corrected chi connectivity index (χ0v) is 13.2. The number of nitrogens with two attached hydrogens (primary N) is 1. The van der Waals surface area contributed by atoms with Crippen molar-refractivity contribution in [3.05, 3.63) is 6.20 Å². The SMILES string of the molecule is Cn1ncc(N)c1N1CC[C@H](CNC(=O)OC(C)(C)C)C1. The number of anilines is 2. The number of carbonyl (C=O) groups excluding carboxylic acids is 1. The highest BCUT2D eigenvalue weighted by molar-refractivity contribution is 5.67. The van der Waals surface area contributed by atoms with Crippen LogP contribution in [0.5, 0.6) is 0 Å². The van der Waals surface area contributed by atoms with E-state index in [0.29, 0.717) is 18.2 Å². The number of carbonyl (C=O) groups is 1. The number of aryl methyl sites for hydroxylation is 1. The standard InChI is InChI=1S/C14H25N5O2/c1-14(2,3)21-13(20)16-7-10-5-6-19(9-10)12-11(15)8-17-18(12)4/h8,10H,5-7,9,15H2,1-4H3,(H,16,20)/t10-/m1/s1. The highest BCUT2D eigenvalue weighted by Gasteiger charge is 2.27. The number of nitrogen functional groups attached to an aromatic ring is 1. The molecule has 21 heavy (non-hydrogen) atoms. The van der Waals surface area contributed by atoms with Gasteiger partial charge in [-0.2, -0.15) is 5.10 Å². The molecule has 1 atom stereocenters. The van der Waals surface area contributed by atoms with Crippen molar-refractivity contribution >= 4 is 17.6 Å². The van der Waals surface area contributed by atoms with E-state index in [0.717, 1.165) is 25.3 Å². The largest absolute Gasteiger partial charge is 0.444 e. The normalized spacial score (nSPS) is 18.9. The summed E-state index contributed by atoms with van der Waals surface area (Å²) in [5.74, 6) is 1.35. The quantitative estimate of drug-likeness (QED) is 0.879. The fourth-order valence-corrected chi connectivity index (χ4v) is 2.57. The molecule has 1 aliphatic heterocycles. The first-order valence-electron chi connectivity index (χ1n) is 7.25. The minimum Gasteiger partial charge on any atom is -0.444 e. The number of aromatic nitrogens is 2. The second-order valence-electron chi connectivity index (χ2n) is 6.53. The molecule has 0 aliphatic carbocycles. The molecule has 118 valence electrons. The number of nitrogens with one attached hydrogen (secondary N) is 1. The predicted octanol–water partition coefficient (Wildman–Crippen LogP) is 1.35. The smallest absolute Gasteiger partial charge is 0.407 e. The lowest BCUT2D eigenvalue weighted by Crippen LogP contribution is -2.36. The lowest BCUT2D eigenvalue weighted by molar-refractivity contribution is 0.0520. The Labute approximate surface area is 125 Å². The summed E-state index contributed by atoms with van der Waals surface area (Å²) in [6.45, 7) is 7.96. The Kier molecular flexibility index (Phi) is 4.29. The van der Waals surface area contributed by atoms with Gasteiger partial charge in [-0.3, -0.25) is 4.68 Å². The van der Waals surface area contributed by atoms with Gasteiger partial charge < -0.3 is 20.7 Å². The van der Waals surface area contributed by atoms with Crippen LogP contribution >= 0.6 is 0 Å². The van der Waals surface area contributed by atoms with Gasteiger partial charge in [-0.05, 0) is 33.1 Å². The van der Waals surface area contributed by atoms with Crippen LogP contribution in [0, 0.1) is 5.92 Å². The monoisotopic (exact) mass is 295 g/mol. The van der Waals surface area contributed by atoms with Gasteiger partial charge in [0.1, 0.15) is 11.4 Å². The highest BCUT2D eigenvalue weighted by atomic mass is 16.6. The molecule has 2 heterocycles. The molecule has 1 aromatic rings. The number of amides is 1. The molecule has 2 rings (SSSR count). The molecular formula is C14H25N5O2. The first-order chi connectivity index (χ1) is 9.76. The van der Waals surface area contributed by atoms with Gasteiger partial charge in [0.2, 0.25) is 0 Å². The van der Waals surface area contributed by atoms with Crippen molar-refractivity contribution in [1.29, 1.82) is 0 Å². The van der Waals surface area contributed by atoms with Gasteiger partial charge in [-0.15, -0.1) is 0 Å². The highest BCUT2D eigenvalue weighted by Crippen LogP contribution is 2.27. The molecule has 7 heteroatoms. The Hall–Kier alpha value is -1.92. The lowest BCUT2D eigenvalue weighted by atomic mass is 10.1. The Balaban J connectivity index is 1.82. The molecule has 3 N–H and O–H groups in total. The number of hydrogen-bond acceptors (Lipinski definition) is 5. The van der Waals surface area contributed by atoms with Crippen LogP contribution in [0.4, 0.5) is 16.3 Å². The Morgan fingerprint density at radius 2 is 2.29 bits per heavy atom. The third-order valence-electron chi connectivity index (χ3n) is 3.45. The zero-order chi connectivity index (χ0) is 15.6. The molecule has 0 radical (unpaired) electrons. The lowest BCUT2D eigenvalue weighted by Gasteiger charge is -2.21. The Morgan fingerprint density at radius 1 is 1.57 bits per heavy atom. The summed E-state index contributed by atoms with van der Waals surface area (Å²) in [6, 6.07) is 0. The minimum absolute atomic E-state index is 0.360. The summed E-state index contributed by atoms with van der Waals surface area (Å²) in [6.07, 6.45) is 2.32. The van der Waals surface area contributed by atoms with E-state index in [2.05, 4.69) is 15.3 Å². The molecule has 0 bridgehead atoms. The average Bonchev–Trinajstić information content (AvgIpc) is 2.92. The van der Waals surface area contributed by atoms with Crippen molar-refractivity contribution in [2.75, 3.05) is 30.3 Å². The predicted molar refractivity (Wildman–Crippen MR) is 82.2 cm³/mol. The molecule has 0 saturated carbocycles. The fourth-order valence-electron chi connectivity index (χ4n) is 2.57. The van der Waals surface area contributed by atoms with E-state index < -0.39 is 5.60 Å². The molecule has 0 spiro atoms. The fraction of sp³-hybridized carbons (Fsp3) is 0.714. The van der Waals surface area contributed by atoms with Gasteiger partial charge in [-0.1, -0.05) is 0 Å². The maximum atomic E-state index is 11.7. The maximum Gasteiger partial charge on any atom is 0.407 e. The van der Waals surface area contributed by atoms with E-state index in [1.165, 1.54) is 0 Å². The van der Waals surface area contributed by atoms with E-state index in [9.17, 15) is 4.79 Å². The van der Waals surface area contributed by atoms with Gasteiger partial charge in [0, 0.05) is 26.7 Å². The number of nitrogens with zero attached hydrogens (tertiary/aromatic N) is 3. The number of alkyl carbamates (subject to hydrolysis) is 1. The summed E-state index contributed by atoms with van der Waals surface area (Å²) in [4.78, 5) is 13.9. The molecule has 1 fully saturated rings. The van der Waals surface area contributed by atoms with Crippen molar-refractivity contribution in [3.8, 4) is 0 Å². The third kappa shape index (κ3) is 4.03. The molecule has 7 nitrogen and oxygen atoms in total. The van der Waals surface area contributed by atoms with Crippen LogP contribution < -0.4 is 16.0 Å². The average molecular weight is 295 g/mol. The van der Waals surface area contributed by atoms with E-state index in [1.807, 2.05) is 27.8 Å². The van der Waals surface area contributed by atoms with Gasteiger partial charge in [0.05, 0.1) is 11.9 Å². The van der Waals surface area contributed by atoms with Crippen LogP contribution in [-0.4, -0.2) is 41.1 Å². The summed E-state index contributed by atoms with van der Waals surface area (Å²) in [5, 5.41) is 7.00. The molecule has 1 aromatic heterocycles. The van der Waals surface area contributed by atoms with Crippen LogP contribution in [0.3, 0.4) is 0 Å². The van der Waals surface area contributed by atoms with Crippen molar-refractivity contribution < 1.29 is 9.53 Å². The molecule has 1 saturated heterocycles. The van der Waals surface area contributed by atoms with Gasteiger partial charge >= 0.3 is 6.09 Å². The number of ether oxygens (including phenoxy) is 1. The summed E-state index contributed by atoms with van der Waals surface area (Å²) in [7, 11) is 1.89. The van der Waals surface area contributed by atoms with Crippen LogP contribution in [0.1, 0.15) is 27.2 Å². The number of hydrogen-bond donors (Lipinski definition) is 2. The Bertz CT molecular complexity index is 486. The van der Waals surface area contributed by atoms with Crippen LogP contribution in [0.15, 0.2) is 6.20 Å². The summed E-state index contributed by atoms with van der Waals surface area (Å²) >= 11 is 0. The second kappa shape index (κ2) is 5.83. The van der Waals surface area contributed by atoms with E-state index in [1.54, 1.807) is 10.9 Å². The van der Waals surface area contributed by atoms with Crippen molar-refractivity contribution in [1.82, 2.24) is 15.1 Å². The molecular weight excluding hydrogens is 270 g/mol. The van der Waals surface area contributed by atoms with Gasteiger partial charge in [0.15, 0.2) is 0 Å². The zero-order valence-electron chi connectivity index (χ0n) is 13.2. The van der Waals surface area contributed by atoms with Crippen molar-refractivity contribution in [3.63, 3.8) is 0 Å². The second-order valence-corrected chi connectivity index (χ2v) is 6.53. The maximum absolute atomic E-state index is 11.7. The Morgan fingerprint density at radius 3 is 2.86 bits per heavy atom. The minimum atomic E-state index is -0.463. The van der Waals surface area contributed by atoms with Crippen molar-refractivity contribution in [2.24, 2.45) is 13.0 Å². The van der Waals surface area contributed by atoms with Crippen molar-refractivity contribution in [2.45, 2.75) is 32.8 Å². The topological polar surface area (TPSA) is 85.4 Å². The molecule has 1 amide bonds. The van der Waals surface area contributed by atoms with Crippen LogP contribution in [0.2, 0.25) is 0 Å². The van der Waals surface area contributed by atoms with E-state index >= 15 is 0 Å². The summed E-state index contributed by atoms with van der Waals surface area (Å²) in [5.41, 5.74) is 6.17. The van der Waals surface area contributed by atoms with Crippen LogP contribution in [0.25, 0.3) is 0 Å². The van der Waals surface area contributed by atoms with E-state index in [-0.39, 0.29) is 6.09 Å². The molecule has 0 unspecified atom stereocenters. The molecule has 1 aliphatic rings. The van der Waals surface area contributed by atoms with Crippen LogP contribution in [-0.2, 0) is 11.8 Å². The molecule has 0 aromatic carbocycles. The summed E-state index contributed by atoms with van der Waals surface area (Å²) < 4.78 is 7.03. The first kappa shape index (κ1) is 15.5. The van der Waals surface area contributed by atoms with Gasteiger partial charge in [-0.25, -0.2) is 4.79 Å². The third-order valence-corrected chi connectivity index (χ3v) is 3.45. The van der Waals surface area contributed by atoms with Gasteiger partial charge in [0.25, 0.3) is 0 Å². The first-order valence-corrected chi connectivity index (χ1v) is 7.25. The number of rotatable bonds is 3.